The Morgan fingerprint density at radius 3 is 2.72 bits per heavy atom. The minimum Gasteiger partial charge on any atom is -0.396 e. The molecule has 0 saturated heterocycles. The van der Waals surface area contributed by atoms with Gasteiger partial charge in [0, 0.05) is 31.7 Å². The molecule has 2 unspecified atom stereocenters. The average molecular weight is 250 g/mol. The molecule has 0 radical (unpaired) electrons. The number of aryl methyl sites for hydroxylation is 1. The number of aliphatic hydroxyl groups excluding tert-OH is 1. The van der Waals surface area contributed by atoms with E-state index >= 15 is 0 Å². The molecular formula is C13H22N4O. The van der Waals surface area contributed by atoms with Crippen molar-refractivity contribution in [2.24, 2.45) is 5.92 Å². The number of aromatic nitrogens is 2. The molecule has 2 rings (SSSR count). The van der Waals surface area contributed by atoms with Crippen LogP contribution in [0.4, 0.5) is 11.6 Å². The Kier molecular flexibility index (Phi) is 4.36. The number of rotatable bonds is 4. The largest absolute Gasteiger partial charge is 0.396 e. The molecule has 1 aliphatic carbocycles. The van der Waals surface area contributed by atoms with E-state index in [9.17, 15) is 5.11 Å². The van der Waals surface area contributed by atoms with Gasteiger partial charge in [0.15, 0.2) is 0 Å². The third kappa shape index (κ3) is 3.10. The second-order valence-electron chi connectivity index (χ2n) is 4.91. The molecule has 1 aliphatic rings. The second-order valence-corrected chi connectivity index (χ2v) is 4.91. The van der Waals surface area contributed by atoms with E-state index in [1.165, 1.54) is 12.8 Å². The smallest absolute Gasteiger partial charge is 0.132 e. The highest BCUT2D eigenvalue weighted by Gasteiger charge is 2.24. The van der Waals surface area contributed by atoms with E-state index in [0.29, 0.717) is 12.0 Å². The molecule has 3 N–H and O–H groups in total. The molecule has 0 aromatic carbocycles. The SMILES string of the molecule is CNc1cc(NC2CCCCC2CO)nc(C)n1. The van der Waals surface area contributed by atoms with E-state index in [-0.39, 0.29) is 6.61 Å². The zero-order valence-electron chi connectivity index (χ0n) is 11.1. The molecule has 0 aliphatic heterocycles. The molecule has 5 nitrogen and oxygen atoms in total. The molecule has 1 saturated carbocycles. The van der Waals surface area contributed by atoms with E-state index in [1.807, 2.05) is 20.0 Å². The standard InChI is InChI=1S/C13H22N4O/c1-9-15-12(14-2)7-13(16-9)17-11-6-4-3-5-10(11)8-18/h7,10-11,18H,3-6,8H2,1-2H3,(H2,14,15,16,17). The van der Waals surface area contributed by atoms with Gasteiger partial charge in [0.1, 0.15) is 17.5 Å². The first-order valence-electron chi connectivity index (χ1n) is 6.63. The van der Waals surface area contributed by atoms with E-state index in [4.69, 9.17) is 0 Å². The van der Waals surface area contributed by atoms with Crippen LogP contribution in [0.3, 0.4) is 0 Å². The van der Waals surface area contributed by atoms with Crippen molar-refractivity contribution in [3.63, 3.8) is 0 Å². The van der Waals surface area contributed by atoms with Crippen molar-refractivity contribution in [2.75, 3.05) is 24.3 Å². The van der Waals surface area contributed by atoms with Crippen molar-refractivity contribution < 1.29 is 5.11 Å². The number of anilines is 2. The Morgan fingerprint density at radius 2 is 2.00 bits per heavy atom. The number of aliphatic hydroxyl groups is 1. The summed E-state index contributed by atoms with van der Waals surface area (Å²) in [5.41, 5.74) is 0. The Balaban J connectivity index is 2.09. The Bertz CT molecular complexity index is 397. The van der Waals surface area contributed by atoms with E-state index in [1.54, 1.807) is 0 Å². The van der Waals surface area contributed by atoms with E-state index in [0.717, 1.165) is 30.3 Å². The molecule has 0 amide bonds. The lowest BCUT2D eigenvalue weighted by Crippen LogP contribution is -2.34. The minimum absolute atomic E-state index is 0.251. The maximum absolute atomic E-state index is 9.41. The normalized spacial score (nSPS) is 23.7. The van der Waals surface area contributed by atoms with Crippen LogP contribution in [0.25, 0.3) is 0 Å². The van der Waals surface area contributed by atoms with Gasteiger partial charge in [-0.1, -0.05) is 12.8 Å². The van der Waals surface area contributed by atoms with Gasteiger partial charge in [-0.15, -0.1) is 0 Å². The fourth-order valence-electron chi connectivity index (χ4n) is 2.58. The van der Waals surface area contributed by atoms with Gasteiger partial charge in [-0.3, -0.25) is 0 Å². The lowest BCUT2D eigenvalue weighted by atomic mass is 9.85. The monoisotopic (exact) mass is 250 g/mol. The highest BCUT2D eigenvalue weighted by atomic mass is 16.3. The Morgan fingerprint density at radius 1 is 1.28 bits per heavy atom. The van der Waals surface area contributed by atoms with Crippen LogP contribution in [0.2, 0.25) is 0 Å². The summed E-state index contributed by atoms with van der Waals surface area (Å²) in [6.07, 6.45) is 4.63. The molecule has 0 spiro atoms. The van der Waals surface area contributed by atoms with Crippen LogP contribution in [-0.2, 0) is 0 Å². The lowest BCUT2D eigenvalue weighted by Gasteiger charge is -2.31. The lowest BCUT2D eigenvalue weighted by molar-refractivity contribution is 0.178. The van der Waals surface area contributed by atoms with Gasteiger partial charge < -0.3 is 15.7 Å². The molecule has 2 atom stereocenters. The molecule has 1 fully saturated rings. The number of hydrogen-bond donors (Lipinski definition) is 3. The topological polar surface area (TPSA) is 70.1 Å². The molecule has 1 heterocycles. The van der Waals surface area contributed by atoms with Crippen LogP contribution in [0, 0.1) is 12.8 Å². The third-order valence-corrected chi connectivity index (χ3v) is 3.57. The zero-order chi connectivity index (χ0) is 13.0. The van der Waals surface area contributed by atoms with Crippen molar-refractivity contribution >= 4 is 11.6 Å². The molecule has 0 bridgehead atoms. The molecule has 5 heteroatoms. The molecule has 100 valence electrons. The summed E-state index contributed by atoms with van der Waals surface area (Å²) in [4.78, 5) is 8.67. The summed E-state index contributed by atoms with van der Waals surface area (Å²) in [7, 11) is 1.85. The predicted octanol–water partition coefficient (Wildman–Crippen LogP) is 1.79. The van der Waals surface area contributed by atoms with Crippen molar-refractivity contribution in [3.05, 3.63) is 11.9 Å². The second kappa shape index (κ2) is 6.00. The first-order chi connectivity index (χ1) is 8.72. The van der Waals surface area contributed by atoms with Crippen molar-refractivity contribution in [3.8, 4) is 0 Å². The molecule has 1 aromatic heterocycles. The van der Waals surface area contributed by atoms with Gasteiger partial charge in [0.2, 0.25) is 0 Å². The van der Waals surface area contributed by atoms with Gasteiger partial charge in [-0.2, -0.15) is 0 Å². The van der Waals surface area contributed by atoms with Crippen molar-refractivity contribution in [2.45, 2.75) is 38.6 Å². The zero-order valence-corrected chi connectivity index (χ0v) is 11.1. The quantitative estimate of drug-likeness (QED) is 0.760. The maximum Gasteiger partial charge on any atom is 0.132 e. The van der Waals surface area contributed by atoms with Crippen molar-refractivity contribution in [1.82, 2.24) is 9.97 Å². The van der Waals surface area contributed by atoms with Gasteiger partial charge in [-0.05, 0) is 19.8 Å². The van der Waals surface area contributed by atoms with Crippen LogP contribution in [0.5, 0.6) is 0 Å². The van der Waals surface area contributed by atoms with Gasteiger partial charge in [-0.25, -0.2) is 9.97 Å². The first-order valence-corrected chi connectivity index (χ1v) is 6.63. The summed E-state index contributed by atoms with van der Waals surface area (Å²) >= 11 is 0. The van der Waals surface area contributed by atoms with Crippen LogP contribution in [0.1, 0.15) is 31.5 Å². The highest BCUT2D eigenvalue weighted by Crippen LogP contribution is 2.26. The summed E-state index contributed by atoms with van der Waals surface area (Å²) in [6, 6.07) is 2.23. The molecule has 1 aromatic rings. The number of nitrogens with one attached hydrogen (secondary N) is 2. The van der Waals surface area contributed by atoms with Crippen LogP contribution in [-0.4, -0.2) is 34.8 Å². The van der Waals surface area contributed by atoms with E-state index in [2.05, 4.69) is 20.6 Å². The highest BCUT2D eigenvalue weighted by molar-refractivity contribution is 5.47. The van der Waals surface area contributed by atoms with E-state index < -0.39 is 0 Å². The third-order valence-electron chi connectivity index (χ3n) is 3.57. The number of nitrogens with zero attached hydrogens (tertiary/aromatic N) is 2. The predicted molar refractivity (Wildman–Crippen MR) is 72.8 cm³/mol. The summed E-state index contributed by atoms with van der Waals surface area (Å²) < 4.78 is 0. The Labute approximate surface area is 108 Å². The van der Waals surface area contributed by atoms with Crippen LogP contribution in [0.15, 0.2) is 6.07 Å². The van der Waals surface area contributed by atoms with Gasteiger partial charge >= 0.3 is 0 Å². The van der Waals surface area contributed by atoms with Crippen molar-refractivity contribution in [1.29, 1.82) is 0 Å². The Hall–Kier alpha value is -1.36. The fraction of sp³-hybridized carbons (Fsp3) is 0.692. The fourth-order valence-corrected chi connectivity index (χ4v) is 2.58. The maximum atomic E-state index is 9.41. The first kappa shape index (κ1) is 13.1. The minimum atomic E-state index is 0.251. The average Bonchev–Trinajstić information content (AvgIpc) is 2.38. The number of hydrogen-bond acceptors (Lipinski definition) is 5. The molecular weight excluding hydrogens is 228 g/mol. The van der Waals surface area contributed by atoms with Gasteiger partial charge in [0.05, 0.1) is 0 Å². The van der Waals surface area contributed by atoms with Crippen LogP contribution < -0.4 is 10.6 Å². The van der Waals surface area contributed by atoms with Gasteiger partial charge in [0.25, 0.3) is 0 Å². The summed E-state index contributed by atoms with van der Waals surface area (Å²) in [6.45, 7) is 2.14. The summed E-state index contributed by atoms with van der Waals surface area (Å²) in [5, 5.41) is 15.9. The van der Waals surface area contributed by atoms with Crippen LogP contribution >= 0.6 is 0 Å². The summed E-state index contributed by atoms with van der Waals surface area (Å²) in [5.74, 6) is 2.76. The molecule has 18 heavy (non-hydrogen) atoms.